The van der Waals surface area contributed by atoms with Gasteiger partial charge in [-0.1, -0.05) is 6.92 Å². The molecule has 5 unspecified atom stereocenters. The van der Waals surface area contributed by atoms with E-state index in [0.29, 0.717) is 42.8 Å². The van der Waals surface area contributed by atoms with Crippen LogP contribution < -0.4 is 16.0 Å². The van der Waals surface area contributed by atoms with Crippen molar-refractivity contribution in [2.75, 3.05) is 39.3 Å². The van der Waals surface area contributed by atoms with Crippen molar-refractivity contribution in [2.45, 2.75) is 49.3 Å². The maximum absolute atomic E-state index is 13.8. The molecular weight excluding hydrogens is 317 g/mol. The van der Waals surface area contributed by atoms with E-state index in [2.05, 4.69) is 34.7 Å². The van der Waals surface area contributed by atoms with E-state index >= 15 is 0 Å². The summed E-state index contributed by atoms with van der Waals surface area (Å²) in [6, 6.07) is 0.0521. The second kappa shape index (κ2) is 7.55. The largest absolute Gasteiger partial charge is 0.332 e. The number of piperazine rings is 1. The first-order valence-corrected chi connectivity index (χ1v) is 9.54. The van der Waals surface area contributed by atoms with Crippen molar-refractivity contribution >= 4 is 17.8 Å². The van der Waals surface area contributed by atoms with E-state index in [9.17, 15) is 9.18 Å². The van der Waals surface area contributed by atoms with Crippen LogP contribution in [0.1, 0.15) is 20.3 Å². The van der Waals surface area contributed by atoms with Gasteiger partial charge in [0, 0.05) is 44.0 Å². The Morgan fingerprint density at radius 3 is 2.61 bits per heavy atom. The highest BCUT2D eigenvalue weighted by Crippen LogP contribution is 2.29. The van der Waals surface area contributed by atoms with Gasteiger partial charge in [0.2, 0.25) is 0 Å². The number of hydrogen-bond acceptors (Lipinski definition) is 5. The summed E-state index contributed by atoms with van der Waals surface area (Å²) in [5.74, 6) is 0. The summed E-state index contributed by atoms with van der Waals surface area (Å²) in [6.45, 7) is 8.70. The molecule has 8 heteroatoms. The van der Waals surface area contributed by atoms with Crippen LogP contribution >= 0.6 is 11.8 Å². The van der Waals surface area contributed by atoms with E-state index in [1.807, 2.05) is 16.7 Å². The van der Waals surface area contributed by atoms with E-state index in [-0.39, 0.29) is 12.1 Å². The highest BCUT2D eigenvalue weighted by atomic mass is 32.2. The number of nitrogens with one attached hydrogen (secondary N) is 3. The van der Waals surface area contributed by atoms with Crippen molar-refractivity contribution in [2.24, 2.45) is 0 Å². The summed E-state index contributed by atoms with van der Waals surface area (Å²) in [7, 11) is 0. The molecule has 6 nitrogen and oxygen atoms in total. The molecule has 132 valence electrons. The van der Waals surface area contributed by atoms with E-state index in [0.717, 1.165) is 19.6 Å². The Bertz CT molecular complexity index is 411. The van der Waals surface area contributed by atoms with Crippen molar-refractivity contribution in [1.29, 1.82) is 0 Å². The summed E-state index contributed by atoms with van der Waals surface area (Å²) < 4.78 is 13.8. The standard InChI is InChI=1S/C15H28FN5OS/c1-10-11(2)23-15(18-10)21-7-5-20(6-8-21)14(22)19-13-3-4-17-9-12(13)16/h10-13,15,17-18H,3-9H2,1-2H3,(H,19,22). The number of nitrogens with zero attached hydrogens (tertiary/aromatic N) is 2. The van der Waals surface area contributed by atoms with E-state index < -0.39 is 6.17 Å². The molecule has 5 atom stereocenters. The third-order valence-corrected chi connectivity index (χ3v) is 6.63. The number of carbonyl (C=O) groups excluding carboxylic acids is 1. The third-order valence-electron chi connectivity index (χ3n) is 5.10. The maximum atomic E-state index is 13.8. The predicted octanol–water partition coefficient (Wildman–Crippen LogP) is 0.411. The highest BCUT2D eigenvalue weighted by Gasteiger charge is 2.35. The Morgan fingerprint density at radius 1 is 1.26 bits per heavy atom. The number of urea groups is 1. The zero-order chi connectivity index (χ0) is 16.4. The molecule has 0 bridgehead atoms. The molecule has 0 radical (unpaired) electrons. The van der Waals surface area contributed by atoms with E-state index in [1.165, 1.54) is 0 Å². The Morgan fingerprint density at radius 2 is 2.00 bits per heavy atom. The average molecular weight is 345 g/mol. The fourth-order valence-corrected chi connectivity index (χ4v) is 4.70. The van der Waals surface area contributed by atoms with Gasteiger partial charge in [-0.05, 0) is 19.9 Å². The van der Waals surface area contributed by atoms with Crippen molar-refractivity contribution in [1.82, 2.24) is 25.8 Å². The molecule has 3 N–H and O–H groups in total. The third kappa shape index (κ3) is 4.10. The lowest BCUT2D eigenvalue weighted by Gasteiger charge is -2.38. The molecule has 3 aliphatic heterocycles. The first-order chi connectivity index (χ1) is 11.0. The summed E-state index contributed by atoms with van der Waals surface area (Å²) in [6.07, 6.45) is -0.332. The van der Waals surface area contributed by atoms with Gasteiger partial charge in [0.15, 0.2) is 0 Å². The maximum Gasteiger partial charge on any atom is 0.317 e. The molecule has 0 aromatic rings. The molecule has 3 heterocycles. The van der Waals surface area contributed by atoms with Crippen molar-refractivity contribution in [3.8, 4) is 0 Å². The first kappa shape index (κ1) is 17.3. The minimum absolute atomic E-state index is 0.118. The smallest absolute Gasteiger partial charge is 0.317 e. The van der Waals surface area contributed by atoms with Crippen LogP contribution in [0.2, 0.25) is 0 Å². The molecule has 0 aromatic heterocycles. The number of alkyl halides is 1. The Balaban J connectivity index is 1.44. The van der Waals surface area contributed by atoms with Crippen LogP contribution in [0.25, 0.3) is 0 Å². The highest BCUT2D eigenvalue weighted by molar-refractivity contribution is 8.00. The second-order valence-corrected chi connectivity index (χ2v) is 8.20. The molecule has 0 saturated carbocycles. The topological polar surface area (TPSA) is 59.6 Å². The molecule has 0 aromatic carbocycles. The molecule has 3 fully saturated rings. The van der Waals surface area contributed by atoms with Crippen molar-refractivity contribution in [3.63, 3.8) is 0 Å². The minimum atomic E-state index is -0.990. The quantitative estimate of drug-likeness (QED) is 0.677. The van der Waals surface area contributed by atoms with Crippen LogP contribution in [0.15, 0.2) is 0 Å². The molecule has 3 aliphatic rings. The van der Waals surface area contributed by atoms with Crippen LogP contribution in [0.4, 0.5) is 9.18 Å². The molecule has 0 aliphatic carbocycles. The van der Waals surface area contributed by atoms with Crippen LogP contribution in [0, 0.1) is 0 Å². The van der Waals surface area contributed by atoms with Crippen LogP contribution in [-0.4, -0.2) is 84.1 Å². The number of halogens is 1. The van der Waals surface area contributed by atoms with Gasteiger partial charge < -0.3 is 15.5 Å². The number of rotatable bonds is 2. The minimum Gasteiger partial charge on any atom is -0.332 e. The molecule has 23 heavy (non-hydrogen) atoms. The Labute approximate surface area is 141 Å². The van der Waals surface area contributed by atoms with Crippen molar-refractivity contribution < 1.29 is 9.18 Å². The van der Waals surface area contributed by atoms with Crippen LogP contribution in [0.3, 0.4) is 0 Å². The lowest BCUT2D eigenvalue weighted by Crippen LogP contribution is -2.59. The molecule has 3 saturated heterocycles. The van der Waals surface area contributed by atoms with Gasteiger partial charge in [-0.3, -0.25) is 10.2 Å². The normalized spacial score (nSPS) is 39.4. The number of hydrogen-bond donors (Lipinski definition) is 3. The van der Waals surface area contributed by atoms with E-state index in [4.69, 9.17) is 0 Å². The zero-order valence-corrected chi connectivity index (χ0v) is 14.7. The number of thioether (sulfide) groups is 1. The van der Waals surface area contributed by atoms with Gasteiger partial charge in [-0.15, -0.1) is 11.8 Å². The monoisotopic (exact) mass is 345 g/mol. The lowest BCUT2D eigenvalue weighted by atomic mass is 10.1. The zero-order valence-electron chi connectivity index (χ0n) is 13.9. The van der Waals surface area contributed by atoms with Crippen LogP contribution in [0.5, 0.6) is 0 Å². The number of amides is 2. The Hall–Kier alpha value is -0.570. The van der Waals surface area contributed by atoms with Gasteiger partial charge in [0.1, 0.15) is 11.7 Å². The van der Waals surface area contributed by atoms with Gasteiger partial charge in [-0.25, -0.2) is 9.18 Å². The SMILES string of the molecule is CC1NC(N2CCN(C(=O)NC3CCNCC3F)CC2)SC1C. The summed E-state index contributed by atoms with van der Waals surface area (Å²) in [5, 5.41) is 10.1. The fraction of sp³-hybridized carbons (Fsp3) is 0.933. The fourth-order valence-electron chi connectivity index (χ4n) is 3.30. The van der Waals surface area contributed by atoms with Gasteiger partial charge in [-0.2, -0.15) is 0 Å². The van der Waals surface area contributed by atoms with E-state index in [1.54, 1.807) is 0 Å². The molecular formula is C15H28FN5OS. The summed E-state index contributed by atoms with van der Waals surface area (Å²) >= 11 is 1.96. The molecule has 0 spiro atoms. The lowest BCUT2D eigenvalue weighted by molar-refractivity contribution is 0.116. The first-order valence-electron chi connectivity index (χ1n) is 8.60. The predicted molar refractivity (Wildman–Crippen MR) is 91.3 cm³/mol. The van der Waals surface area contributed by atoms with Gasteiger partial charge in [0.25, 0.3) is 0 Å². The summed E-state index contributed by atoms with van der Waals surface area (Å²) in [5.41, 5.74) is 0.352. The average Bonchev–Trinajstić information content (AvgIpc) is 2.89. The number of piperidine rings is 1. The Kier molecular flexibility index (Phi) is 5.66. The summed E-state index contributed by atoms with van der Waals surface area (Å²) in [4.78, 5) is 16.5. The molecule has 2 amide bonds. The van der Waals surface area contributed by atoms with Crippen molar-refractivity contribution in [3.05, 3.63) is 0 Å². The number of carbonyl (C=O) groups is 1. The second-order valence-electron chi connectivity index (χ2n) is 6.74. The van der Waals surface area contributed by atoms with Gasteiger partial charge in [0.05, 0.1) is 6.04 Å². The van der Waals surface area contributed by atoms with Crippen LogP contribution in [-0.2, 0) is 0 Å². The molecule has 3 rings (SSSR count). The van der Waals surface area contributed by atoms with Gasteiger partial charge >= 0.3 is 6.03 Å².